The van der Waals surface area contributed by atoms with Gasteiger partial charge in [-0.15, -0.1) is 0 Å². The number of hydrogen-bond donors (Lipinski definition) is 0. The Morgan fingerprint density at radius 2 is 2.06 bits per heavy atom. The molecule has 0 aromatic rings. The molecular weight excluding hydrogens is 232 g/mol. The summed E-state index contributed by atoms with van der Waals surface area (Å²) < 4.78 is 9.77. The molecule has 0 aromatic carbocycles. The first kappa shape index (κ1) is 12.9. The van der Waals surface area contributed by atoms with Crippen LogP contribution >= 0.6 is 0 Å². The second-order valence-corrected chi connectivity index (χ2v) is 4.94. The van der Waals surface area contributed by atoms with E-state index in [-0.39, 0.29) is 24.6 Å². The smallest absolute Gasteiger partial charge is 0.334 e. The molecule has 4 nitrogen and oxygen atoms in total. The standard InChI is InChI=1S/C14H18O4/c1-3-12(15)17-7-8-18-13(16)10(2)14-6-4-5-11(14)9-14/h3,11H,1-2,4-9H2. The van der Waals surface area contributed by atoms with Crippen molar-refractivity contribution in [2.24, 2.45) is 11.3 Å². The van der Waals surface area contributed by atoms with Crippen molar-refractivity contribution in [1.29, 1.82) is 0 Å². The van der Waals surface area contributed by atoms with Crippen molar-refractivity contribution < 1.29 is 19.1 Å². The topological polar surface area (TPSA) is 52.6 Å². The molecule has 0 heterocycles. The van der Waals surface area contributed by atoms with Gasteiger partial charge in [-0.1, -0.05) is 19.6 Å². The first-order valence-corrected chi connectivity index (χ1v) is 6.26. The monoisotopic (exact) mass is 250 g/mol. The molecular formula is C14H18O4. The Hall–Kier alpha value is -1.58. The molecule has 2 atom stereocenters. The molecule has 2 rings (SSSR count). The van der Waals surface area contributed by atoms with Gasteiger partial charge < -0.3 is 9.47 Å². The molecule has 0 radical (unpaired) electrons. The van der Waals surface area contributed by atoms with Crippen LogP contribution in [0.2, 0.25) is 0 Å². The summed E-state index contributed by atoms with van der Waals surface area (Å²) >= 11 is 0. The second kappa shape index (κ2) is 4.96. The van der Waals surface area contributed by atoms with Gasteiger partial charge in [0, 0.05) is 17.1 Å². The highest BCUT2D eigenvalue weighted by atomic mass is 16.6. The van der Waals surface area contributed by atoms with E-state index in [1.54, 1.807) is 0 Å². The van der Waals surface area contributed by atoms with E-state index in [4.69, 9.17) is 9.47 Å². The maximum absolute atomic E-state index is 11.8. The average Bonchev–Trinajstić information content (AvgIpc) is 2.95. The van der Waals surface area contributed by atoms with E-state index in [1.807, 2.05) is 0 Å². The lowest BCUT2D eigenvalue weighted by Gasteiger charge is -2.14. The summed E-state index contributed by atoms with van der Waals surface area (Å²) in [5, 5.41) is 0. The van der Waals surface area contributed by atoms with Gasteiger partial charge in [-0.3, -0.25) is 0 Å². The summed E-state index contributed by atoms with van der Waals surface area (Å²) in [7, 11) is 0. The molecule has 0 spiro atoms. The van der Waals surface area contributed by atoms with Crippen LogP contribution < -0.4 is 0 Å². The summed E-state index contributed by atoms with van der Waals surface area (Å²) in [5.41, 5.74) is 0.634. The average molecular weight is 250 g/mol. The largest absolute Gasteiger partial charge is 0.459 e. The zero-order valence-electron chi connectivity index (χ0n) is 10.4. The zero-order valence-corrected chi connectivity index (χ0v) is 10.4. The minimum atomic E-state index is -0.512. The summed E-state index contributed by atoms with van der Waals surface area (Å²) in [6.45, 7) is 7.28. The molecule has 0 aliphatic heterocycles. The molecule has 2 aliphatic carbocycles. The van der Waals surface area contributed by atoms with E-state index < -0.39 is 5.97 Å². The van der Waals surface area contributed by atoms with Gasteiger partial charge in [-0.05, 0) is 25.2 Å². The highest BCUT2D eigenvalue weighted by molar-refractivity contribution is 5.90. The fraction of sp³-hybridized carbons (Fsp3) is 0.571. The van der Waals surface area contributed by atoms with E-state index in [9.17, 15) is 9.59 Å². The fourth-order valence-corrected chi connectivity index (χ4v) is 2.88. The SMILES string of the molecule is C=CC(=O)OCCOC(=O)C(=C)C12CCCC1C2. The third-order valence-electron chi connectivity index (χ3n) is 3.98. The first-order valence-electron chi connectivity index (χ1n) is 6.26. The maximum atomic E-state index is 11.8. The van der Waals surface area contributed by atoms with Crippen LogP contribution in [-0.4, -0.2) is 25.2 Å². The van der Waals surface area contributed by atoms with Crippen molar-refractivity contribution in [3.63, 3.8) is 0 Å². The van der Waals surface area contributed by atoms with Crippen molar-refractivity contribution in [3.05, 3.63) is 24.8 Å². The van der Waals surface area contributed by atoms with Gasteiger partial charge in [0.05, 0.1) is 0 Å². The van der Waals surface area contributed by atoms with Crippen LogP contribution in [0.5, 0.6) is 0 Å². The minimum absolute atomic E-state index is 0.0366. The van der Waals surface area contributed by atoms with Crippen molar-refractivity contribution in [2.45, 2.75) is 25.7 Å². The van der Waals surface area contributed by atoms with Gasteiger partial charge in [0.15, 0.2) is 0 Å². The molecule has 4 heteroatoms. The Bertz CT molecular complexity index is 399. The Labute approximate surface area is 107 Å². The lowest BCUT2D eigenvalue weighted by atomic mass is 9.94. The van der Waals surface area contributed by atoms with E-state index >= 15 is 0 Å². The predicted octanol–water partition coefficient (Wildman–Crippen LogP) is 2.01. The molecule has 0 N–H and O–H groups in total. The highest BCUT2D eigenvalue weighted by Gasteiger charge is 2.60. The Balaban J connectivity index is 1.70. The van der Waals surface area contributed by atoms with Crippen molar-refractivity contribution in [2.75, 3.05) is 13.2 Å². The third-order valence-corrected chi connectivity index (χ3v) is 3.98. The molecule has 0 aromatic heterocycles. The van der Waals surface area contributed by atoms with Gasteiger partial charge in [-0.2, -0.15) is 0 Å². The van der Waals surface area contributed by atoms with Crippen LogP contribution in [-0.2, 0) is 19.1 Å². The van der Waals surface area contributed by atoms with Crippen molar-refractivity contribution in [1.82, 2.24) is 0 Å². The molecule has 0 saturated heterocycles. The molecule has 2 aliphatic rings. The van der Waals surface area contributed by atoms with E-state index in [2.05, 4.69) is 13.2 Å². The summed E-state index contributed by atoms with van der Waals surface area (Å²) in [4.78, 5) is 22.6. The molecule has 0 amide bonds. The summed E-state index contributed by atoms with van der Waals surface area (Å²) in [6.07, 6.45) is 5.58. The summed E-state index contributed by atoms with van der Waals surface area (Å²) in [5.74, 6) is -0.230. The highest BCUT2D eigenvalue weighted by Crippen LogP contribution is 2.67. The Morgan fingerprint density at radius 1 is 1.33 bits per heavy atom. The third kappa shape index (κ3) is 2.33. The number of fused-ring (bicyclic) bond motifs is 1. The molecule has 2 fully saturated rings. The zero-order chi connectivity index (χ0) is 13.2. The van der Waals surface area contributed by atoms with Crippen LogP contribution in [0.4, 0.5) is 0 Å². The lowest BCUT2D eigenvalue weighted by molar-refractivity contribution is -0.147. The number of carbonyl (C=O) groups is 2. The number of rotatable bonds is 6. The number of ether oxygens (including phenoxy) is 2. The van der Waals surface area contributed by atoms with Gasteiger partial charge in [0.1, 0.15) is 13.2 Å². The van der Waals surface area contributed by atoms with Gasteiger partial charge in [0.2, 0.25) is 0 Å². The molecule has 0 bridgehead atoms. The maximum Gasteiger partial charge on any atom is 0.334 e. The van der Waals surface area contributed by atoms with Gasteiger partial charge in [0.25, 0.3) is 0 Å². The molecule has 2 saturated carbocycles. The number of hydrogen-bond acceptors (Lipinski definition) is 4. The predicted molar refractivity (Wildman–Crippen MR) is 65.6 cm³/mol. The van der Waals surface area contributed by atoms with Crippen LogP contribution in [0.1, 0.15) is 25.7 Å². The fourth-order valence-electron chi connectivity index (χ4n) is 2.88. The van der Waals surface area contributed by atoms with Crippen LogP contribution in [0.15, 0.2) is 24.8 Å². The van der Waals surface area contributed by atoms with Crippen molar-refractivity contribution in [3.8, 4) is 0 Å². The Kier molecular flexibility index (Phi) is 3.55. The van der Waals surface area contributed by atoms with E-state index in [0.717, 1.165) is 18.9 Å². The molecule has 2 unspecified atom stereocenters. The van der Waals surface area contributed by atoms with Crippen molar-refractivity contribution >= 4 is 11.9 Å². The van der Waals surface area contributed by atoms with E-state index in [1.165, 1.54) is 12.8 Å². The normalized spacial score (nSPS) is 28.1. The van der Waals surface area contributed by atoms with Gasteiger partial charge >= 0.3 is 11.9 Å². The second-order valence-electron chi connectivity index (χ2n) is 4.94. The van der Waals surface area contributed by atoms with Crippen LogP contribution in [0, 0.1) is 11.3 Å². The van der Waals surface area contributed by atoms with Gasteiger partial charge in [-0.25, -0.2) is 9.59 Å². The quantitative estimate of drug-likeness (QED) is 0.411. The summed E-state index contributed by atoms with van der Waals surface area (Å²) in [6, 6.07) is 0. The minimum Gasteiger partial charge on any atom is -0.459 e. The Morgan fingerprint density at radius 3 is 2.61 bits per heavy atom. The lowest BCUT2D eigenvalue weighted by Crippen LogP contribution is -2.18. The number of carbonyl (C=O) groups excluding carboxylic acids is 2. The van der Waals surface area contributed by atoms with Crippen LogP contribution in [0.25, 0.3) is 0 Å². The number of esters is 2. The van der Waals surface area contributed by atoms with Crippen LogP contribution in [0.3, 0.4) is 0 Å². The first-order chi connectivity index (χ1) is 8.60. The molecule has 18 heavy (non-hydrogen) atoms. The molecule has 98 valence electrons. The van der Waals surface area contributed by atoms with E-state index in [0.29, 0.717) is 11.5 Å².